The van der Waals surface area contributed by atoms with Crippen LogP contribution in [-0.2, 0) is 39.3 Å². The normalized spacial score (nSPS) is 13.1. The van der Waals surface area contributed by atoms with Gasteiger partial charge in [0.1, 0.15) is 61.5 Å². The van der Waals surface area contributed by atoms with Gasteiger partial charge >= 0.3 is 23.9 Å². The lowest BCUT2D eigenvalue weighted by Crippen LogP contribution is -2.34. The second-order valence-corrected chi connectivity index (χ2v) is 28.7. The standard InChI is InChI=1S/C54H58N16O26S6/c71-11-15-95-13-9-55-49-61-51(57-33-21-27(99(83,84)85)17-25-19-37(101(89,90)91)41(43(73)39(25)33)69-67-31-7-3-1-5-29(31)45(75)76)65-53(63-49)59-35(47(79)80)23-97-98-24-36(48(81)82)60-54-64-50(56-10-14-96-16-12-72)62-52(66-54)58-34-22-28(100(86,87)88)18-26-20-38(102(92,93)94)42(44(74)40(26)34)70-68-32-8-4-2-6-30(32)46(77)78/h1-8,17-22,35-36,71-74,83-85,92-94H,9-16,23-24H2,(H,75,76)(H,77,78)(H,79,80)(H,81,82)(H,86,87,88)(H,89,90,91)(H3,55,57,59,61,63,65)(H3,56,58,60,62,64,66). The molecular formula is C54H58N16O26S6. The predicted molar refractivity (Wildman–Crippen MR) is 368 cm³/mol. The summed E-state index contributed by atoms with van der Waals surface area (Å²) in [4.78, 5) is 71.4. The Labute approximate surface area is 584 Å². The number of aliphatic carboxylic acids is 2. The molecule has 0 spiro atoms. The highest BCUT2D eigenvalue weighted by atomic mass is 33.1. The molecule has 0 fully saturated rings. The molecule has 2 heterocycles. The maximum absolute atomic E-state index is 12.9. The largest absolute Gasteiger partial charge is 0.505 e. The van der Waals surface area contributed by atoms with Crippen LogP contribution in [-0.4, -0.2) is 224 Å². The van der Waals surface area contributed by atoms with E-state index in [0.717, 1.165) is 64.1 Å². The van der Waals surface area contributed by atoms with Gasteiger partial charge in [-0.25, -0.2) is 19.2 Å². The molecule has 2 unspecified atom stereocenters. The SMILES string of the molecule is O=C(O)c1ccccc1N=Nc1c(S(O)(O)O)cc2cc(S(=O)(=O)O)cc(Nc3nc(NCCOCCO)nc(NC(CSSCC(Nc4nc(NCCOCCO)nc(Nc5cc(S(O)(O)O)cc6cc(S(=O)(=O)O)c(N=Nc7ccccc7C(=O)O)c(O)c56)n4)C(=O)O)C(=O)O)n3)c2c1O. The molecule has 0 aliphatic heterocycles. The van der Waals surface area contributed by atoms with Gasteiger partial charge < -0.3 is 110 Å². The van der Waals surface area contributed by atoms with E-state index in [1.165, 1.54) is 36.4 Å². The van der Waals surface area contributed by atoms with Crippen molar-refractivity contribution in [2.75, 3.05) is 96.1 Å². The van der Waals surface area contributed by atoms with Gasteiger partial charge in [0.05, 0.1) is 76.8 Å². The average Bonchev–Trinajstić information content (AvgIpc) is 0.753. The number of benzene rings is 6. The Bertz CT molecular complexity index is 4790. The fourth-order valence-corrected chi connectivity index (χ4v) is 13.6. The number of aromatic hydroxyl groups is 2. The van der Waals surface area contributed by atoms with Crippen LogP contribution in [0.5, 0.6) is 11.5 Å². The predicted octanol–water partition coefficient (Wildman–Crippen LogP) is 7.80. The van der Waals surface area contributed by atoms with Gasteiger partial charge in [-0.2, -0.15) is 46.7 Å². The number of phenolic OH excluding ortho intramolecular Hbond substituents is 2. The molecule has 42 nitrogen and oxygen atoms in total. The second kappa shape index (κ2) is 33.8. The Morgan fingerprint density at radius 3 is 1.25 bits per heavy atom. The number of carboxylic acid groups (broad SMARTS) is 4. The number of anilines is 8. The van der Waals surface area contributed by atoms with Crippen LogP contribution in [0.3, 0.4) is 0 Å². The van der Waals surface area contributed by atoms with Crippen LogP contribution in [0.4, 0.5) is 69.8 Å². The minimum Gasteiger partial charge on any atom is -0.505 e. The van der Waals surface area contributed by atoms with Crippen LogP contribution in [0, 0.1) is 0 Å². The third kappa shape index (κ3) is 20.5. The van der Waals surface area contributed by atoms with E-state index in [9.17, 15) is 113 Å². The van der Waals surface area contributed by atoms with Crippen molar-refractivity contribution in [1.29, 1.82) is 0 Å². The molecule has 6 aromatic carbocycles. The van der Waals surface area contributed by atoms with Crippen molar-refractivity contribution in [2.24, 2.45) is 20.5 Å². The van der Waals surface area contributed by atoms with Crippen molar-refractivity contribution in [3.63, 3.8) is 0 Å². The first-order chi connectivity index (χ1) is 48.1. The fraction of sp³-hybridized carbons (Fsp3) is 0.222. The summed E-state index contributed by atoms with van der Waals surface area (Å²) in [5.41, 5.74) is -4.32. The van der Waals surface area contributed by atoms with Gasteiger partial charge in [0.15, 0.2) is 11.5 Å². The number of rotatable bonds is 37. The molecule has 0 saturated carbocycles. The second-order valence-electron chi connectivity index (χ2n) is 20.3. The Morgan fingerprint density at radius 2 is 0.863 bits per heavy atom. The number of azo groups is 2. The lowest BCUT2D eigenvalue weighted by molar-refractivity contribution is -0.138. The maximum atomic E-state index is 12.9. The molecule has 22 N–H and O–H groups in total. The molecule has 0 radical (unpaired) electrons. The van der Waals surface area contributed by atoms with E-state index in [-0.39, 0.29) is 76.0 Å². The minimum absolute atomic E-state index is 0.0720. The zero-order valence-electron chi connectivity index (χ0n) is 51.5. The van der Waals surface area contributed by atoms with Gasteiger partial charge in [-0.3, -0.25) is 9.11 Å². The number of carbonyl (C=O) groups is 4. The van der Waals surface area contributed by atoms with E-state index >= 15 is 0 Å². The van der Waals surface area contributed by atoms with Crippen LogP contribution in [0.25, 0.3) is 21.5 Å². The van der Waals surface area contributed by atoms with E-state index in [1.807, 2.05) is 0 Å². The average molecular weight is 1540 g/mol. The number of ether oxygens (including phenoxy) is 2. The Kier molecular flexibility index (Phi) is 25.8. The number of phenols is 2. The number of carboxylic acids is 4. The number of aliphatic hydroxyl groups is 2. The summed E-state index contributed by atoms with van der Waals surface area (Å²) < 4.78 is 145. The summed E-state index contributed by atoms with van der Waals surface area (Å²) in [5, 5.41) is 112. The lowest BCUT2D eigenvalue weighted by atomic mass is 10.1. The number of hydrogen-bond acceptors (Lipinski definition) is 38. The summed E-state index contributed by atoms with van der Waals surface area (Å²) >= 11 is 0. The number of hydrogen-bond donors (Lipinski definition) is 22. The number of aromatic nitrogens is 6. The van der Waals surface area contributed by atoms with E-state index in [1.54, 1.807) is 0 Å². The van der Waals surface area contributed by atoms with Crippen molar-refractivity contribution in [1.82, 2.24) is 29.9 Å². The Balaban J connectivity index is 1.09. The number of nitrogens with zero attached hydrogens (tertiary/aromatic N) is 10. The van der Waals surface area contributed by atoms with Gasteiger partial charge in [-0.15, -0.1) is 20.5 Å². The molecule has 0 aliphatic carbocycles. The van der Waals surface area contributed by atoms with Crippen molar-refractivity contribution in [3.8, 4) is 11.5 Å². The van der Waals surface area contributed by atoms with E-state index in [2.05, 4.69) is 82.3 Å². The van der Waals surface area contributed by atoms with Crippen molar-refractivity contribution >= 4 is 179 Å². The summed E-state index contributed by atoms with van der Waals surface area (Å²) in [6.45, 7) is -1.18. The molecular weight excluding hydrogens is 1480 g/mol. The number of fused-ring (bicyclic) bond motifs is 2. The topological polar surface area (TPSA) is 678 Å². The van der Waals surface area contributed by atoms with Gasteiger partial charge in [0.25, 0.3) is 20.2 Å². The molecule has 0 saturated heterocycles. The highest BCUT2D eigenvalue weighted by molar-refractivity contribution is 8.76. The van der Waals surface area contributed by atoms with Crippen LogP contribution in [0.2, 0.25) is 0 Å². The van der Waals surface area contributed by atoms with Crippen molar-refractivity contribution in [2.45, 2.75) is 31.7 Å². The number of aliphatic hydroxyl groups excluding tert-OH is 2. The summed E-state index contributed by atoms with van der Waals surface area (Å²) in [6.07, 6.45) is 0. The number of nitrogens with one attached hydrogen (secondary N) is 6. The van der Waals surface area contributed by atoms with Crippen molar-refractivity contribution in [3.05, 3.63) is 96.1 Å². The molecule has 8 aromatic rings. The zero-order valence-corrected chi connectivity index (χ0v) is 56.4. The van der Waals surface area contributed by atoms with Crippen LogP contribution < -0.4 is 31.9 Å². The van der Waals surface area contributed by atoms with E-state index < -0.39 is 200 Å². The molecule has 2 aromatic heterocycles. The summed E-state index contributed by atoms with van der Waals surface area (Å²) in [5.74, 6) is -11.9. The van der Waals surface area contributed by atoms with Crippen LogP contribution in [0.15, 0.2) is 125 Å². The third-order valence-corrected chi connectivity index (χ3v) is 19.2. The van der Waals surface area contributed by atoms with Gasteiger partial charge in [-0.05, 0) is 71.4 Å². The lowest BCUT2D eigenvalue weighted by Gasteiger charge is -2.23. The van der Waals surface area contributed by atoms with Gasteiger partial charge in [-0.1, -0.05) is 45.9 Å². The van der Waals surface area contributed by atoms with Gasteiger partial charge in [0.2, 0.25) is 35.7 Å². The highest BCUT2D eigenvalue weighted by Crippen LogP contribution is 2.56. The zero-order chi connectivity index (χ0) is 74.4. The molecule has 0 aliphatic rings. The smallest absolute Gasteiger partial charge is 0.337 e. The molecule has 0 bridgehead atoms. The maximum Gasteiger partial charge on any atom is 0.337 e. The van der Waals surface area contributed by atoms with E-state index in [0.29, 0.717) is 6.07 Å². The summed E-state index contributed by atoms with van der Waals surface area (Å²) in [7, 11) is -18.6. The van der Waals surface area contributed by atoms with Gasteiger partial charge in [0, 0.05) is 35.4 Å². The van der Waals surface area contributed by atoms with Crippen LogP contribution in [0.1, 0.15) is 20.7 Å². The molecule has 0 amide bonds. The first kappa shape index (κ1) is 77.9. The van der Waals surface area contributed by atoms with E-state index in [4.69, 9.17) is 9.47 Å². The highest BCUT2D eigenvalue weighted by Gasteiger charge is 2.31. The van der Waals surface area contributed by atoms with Crippen molar-refractivity contribution < 1.29 is 123 Å². The number of aromatic carboxylic acids is 2. The molecule has 546 valence electrons. The molecule has 102 heavy (non-hydrogen) atoms. The Morgan fingerprint density at radius 1 is 0.471 bits per heavy atom. The molecule has 2 atom stereocenters. The quantitative estimate of drug-likeness (QED) is 0.00764. The summed E-state index contributed by atoms with van der Waals surface area (Å²) in [6, 6.07) is 11.4. The third-order valence-electron chi connectivity index (χ3n) is 13.3. The van der Waals surface area contributed by atoms with Crippen LogP contribution >= 0.6 is 43.3 Å². The monoisotopic (exact) mass is 1540 g/mol. The minimum atomic E-state index is -5.37. The first-order valence-electron chi connectivity index (χ1n) is 28.4. The first-order valence-corrected chi connectivity index (χ1v) is 36.8. The molecule has 48 heteroatoms. The Hall–Kier alpha value is -9.84. The molecule has 8 rings (SSSR count). The fourth-order valence-electron chi connectivity index (χ4n) is 8.80.